The number of ether oxygens (including phenoxy) is 1. The Bertz CT molecular complexity index is 894. The second-order valence-corrected chi connectivity index (χ2v) is 10.3. The molecule has 1 fully saturated rings. The largest absolute Gasteiger partial charge is 0.444 e. The number of aromatic nitrogens is 1. The van der Waals surface area contributed by atoms with Crippen LogP contribution in [0.15, 0.2) is 29.6 Å². The van der Waals surface area contributed by atoms with Gasteiger partial charge in [0.25, 0.3) is 5.91 Å². The number of benzene rings is 1. The van der Waals surface area contributed by atoms with Gasteiger partial charge in [0, 0.05) is 36.3 Å². The summed E-state index contributed by atoms with van der Waals surface area (Å²) in [5.74, 6) is 1.17. The first-order valence-corrected chi connectivity index (χ1v) is 11.5. The van der Waals surface area contributed by atoms with Gasteiger partial charge in [0.15, 0.2) is 5.13 Å². The summed E-state index contributed by atoms with van der Waals surface area (Å²) in [4.78, 5) is 31.4. The van der Waals surface area contributed by atoms with E-state index < -0.39 is 11.7 Å². The number of nitrogens with one attached hydrogen (secondary N) is 2. The van der Waals surface area contributed by atoms with Crippen LogP contribution in [0.5, 0.6) is 0 Å². The summed E-state index contributed by atoms with van der Waals surface area (Å²) in [6.45, 7) is 13.0. The van der Waals surface area contributed by atoms with E-state index in [4.69, 9.17) is 4.74 Å². The van der Waals surface area contributed by atoms with Gasteiger partial charge in [-0.15, -0.1) is 11.3 Å². The molecule has 2 aromatic rings. The molecule has 8 heteroatoms. The van der Waals surface area contributed by atoms with Crippen LogP contribution < -0.4 is 10.6 Å². The number of carbonyl (C=O) groups excluding carboxylic acids is 2. The van der Waals surface area contributed by atoms with E-state index >= 15 is 0 Å². The van der Waals surface area contributed by atoms with Gasteiger partial charge < -0.3 is 4.74 Å². The molecule has 1 aromatic carbocycles. The lowest BCUT2D eigenvalue weighted by Crippen LogP contribution is -2.38. The standard InChI is InChI=1S/C23H32N4O3S/c1-15-10-16(2)12-27(11-15)13-19-14-31-21(24-19)26-20(28)17-6-8-18(9-7-17)25-22(29)30-23(3,4)5/h6-9,14-16H,10-13H2,1-5H3,(H,25,29)(H,24,26,28). The van der Waals surface area contributed by atoms with Crippen molar-refractivity contribution in [2.45, 2.75) is 53.2 Å². The number of rotatable bonds is 5. The minimum absolute atomic E-state index is 0.232. The van der Waals surface area contributed by atoms with E-state index in [1.54, 1.807) is 45.0 Å². The van der Waals surface area contributed by atoms with Crippen LogP contribution in [0.3, 0.4) is 0 Å². The van der Waals surface area contributed by atoms with Crippen LogP contribution in [0.4, 0.5) is 15.6 Å². The van der Waals surface area contributed by atoms with E-state index in [0.29, 0.717) is 28.2 Å². The van der Waals surface area contributed by atoms with E-state index in [9.17, 15) is 9.59 Å². The molecule has 2 N–H and O–H groups in total. The molecule has 2 amide bonds. The van der Waals surface area contributed by atoms with E-state index in [2.05, 4.69) is 34.4 Å². The zero-order valence-electron chi connectivity index (χ0n) is 18.9. The molecule has 1 saturated heterocycles. The SMILES string of the molecule is CC1CC(C)CN(Cc2csc(NC(=O)c3ccc(NC(=O)OC(C)(C)C)cc3)n2)C1. The average Bonchev–Trinajstić information content (AvgIpc) is 3.06. The van der Waals surface area contributed by atoms with Crippen LogP contribution in [0.25, 0.3) is 0 Å². The summed E-state index contributed by atoms with van der Waals surface area (Å²) < 4.78 is 5.23. The lowest BCUT2D eigenvalue weighted by atomic mass is 9.92. The van der Waals surface area contributed by atoms with Crippen molar-refractivity contribution in [1.82, 2.24) is 9.88 Å². The second kappa shape index (κ2) is 9.78. The molecule has 2 unspecified atom stereocenters. The van der Waals surface area contributed by atoms with Gasteiger partial charge in [-0.3, -0.25) is 20.3 Å². The molecule has 3 rings (SSSR count). The van der Waals surface area contributed by atoms with Crippen LogP contribution in [-0.4, -0.2) is 40.6 Å². The molecule has 2 heterocycles. The highest BCUT2D eigenvalue weighted by molar-refractivity contribution is 7.14. The van der Waals surface area contributed by atoms with Gasteiger partial charge in [0.1, 0.15) is 5.60 Å². The Balaban J connectivity index is 1.53. The van der Waals surface area contributed by atoms with Crippen molar-refractivity contribution in [1.29, 1.82) is 0 Å². The summed E-state index contributed by atoms with van der Waals surface area (Å²) in [5, 5.41) is 8.12. The Kier molecular flexibility index (Phi) is 7.33. The summed E-state index contributed by atoms with van der Waals surface area (Å²) in [5.41, 5.74) is 1.47. The van der Waals surface area contributed by atoms with E-state index in [1.165, 1.54) is 17.8 Å². The van der Waals surface area contributed by atoms with Crippen molar-refractivity contribution in [2.75, 3.05) is 23.7 Å². The minimum Gasteiger partial charge on any atom is -0.444 e. The molecular weight excluding hydrogens is 412 g/mol. The second-order valence-electron chi connectivity index (χ2n) is 9.44. The van der Waals surface area contributed by atoms with Crippen LogP contribution in [0.1, 0.15) is 57.1 Å². The summed E-state index contributed by atoms with van der Waals surface area (Å²) in [6, 6.07) is 6.66. The fourth-order valence-corrected chi connectivity index (χ4v) is 4.58. The molecule has 0 radical (unpaired) electrons. The summed E-state index contributed by atoms with van der Waals surface area (Å²) in [7, 11) is 0. The molecule has 0 spiro atoms. The van der Waals surface area contributed by atoms with Crippen molar-refractivity contribution >= 4 is 34.2 Å². The zero-order chi connectivity index (χ0) is 22.6. The molecule has 0 saturated carbocycles. The normalized spacial score (nSPS) is 19.6. The topological polar surface area (TPSA) is 83.6 Å². The van der Waals surface area contributed by atoms with Crippen molar-refractivity contribution in [3.05, 3.63) is 40.9 Å². The van der Waals surface area contributed by atoms with Crippen LogP contribution in [0, 0.1) is 11.8 Å². The van der Waals surface area contributed by atoms with Crippen molar-refractivity contribution in [3.8, 4) is 0 Å². The smallest absolute Gasteiger partial charge is 0.412 e. The molecule has 1 aliphatic heterocycles. The Morgan fingerprint density at radius 3 is 2.39 bits per heavy atom. The van der Waals surface area contributed by atoms with Gasteiger partial charge in [-0.25, -0.2) is 9.78 Å². The number of anilines is 2. The predicted octanol–water partition coefficient (Wildman–Crippen LogP) is 5.22. The monoisotopic (exact) mass is 444 g/mol. The summed E-state index contributed by atoms with van der Waals surface area (Å²) >= 11 is 1.44. The average molecular weight is 445 g/mol. The lowest BCUT2D eigenvalue weighted by Gasteiger charge is -2.34. The van der Waals surface area contributed by atoms with Gasteiger partial charge in [0.2, 0.25) is 0 Å². The van der Waals surface area contributed by atoms with Crippen LogP contribution in [-0.2, 0) is 11.3 Å². The van der Waals surface area contributed by atoms with Crippen LogP contribution >= 0.6 is 11.3 Å². The third-order valence-corrected chi connectivity index (χ3v) is 5.70. The van der Waals surface area contributed by atoms with Crippen molar-refractivity contribution < 1.29 is 14.3 Å². The zero-order valence-corrected chi connectivity index (χ0v) is 19.7. The maximum atomic E-state index is 12.6. The minimum atomic E-state index is -0.568. The van der Waals surface area contributed by atoms with E-state index in [0.717, 1.165) is 25.3 Å². The first-order chi connectivity index (χ1) is 14.6. The molecule has 31 heavy (non-hydrogen) atoms. The first kappa shape index (κ1) is 23.2. The third-order valence-electron chi connectivity index (χ3n) is 4.89. The molecule has 1 aromatic heterocycles. The summed E-state index contributed by atoms with van der Waals surface area (Å²) in [6.07, 6.45) is 0.749. The highest BCUT2D eigenvalue weighted by Gasteiger charge is 2.22. The molecule has 0 bridgehead atoms. The van der Waals surface area contributed by atoms with Crippen LogP contribution in [0.2, 0.25) is 0 Å². The van der Waals surface area contributed by atoms with Gasteiger partial charge in [-0.05, 0) is 63.3 Å². The number of piperidine rings is 1. The van der Waals surface area contributed by atoms with Crippen molar-refractivity contribution in [2.24, 2.45) is 11.8 Å². The number of hydrogen-bond acceptors (Lipinski definition) is 6. The van der Waals surface area contributed by atoms with Crippen molar-refractivity contribution in [3.63, 3.8) is 0 Å². The first-order valence-electron chi connectivity index (χ1n) is 10.7. The quantitative estimate of drug-likeness (QED) is 0.660. The highest BCUT2D eigenvalue weighted by Crippen LogP contribution is 2.24. The molecule has 2 atom stereocenters. The molecule has 168 valence electrons. The molecule has 1 aliphatic rings. The highest BCUT2D eigenvalue weighted by atomic mass is 32.1. The fraction of sp³-hybridized carbons (Fsp3) is 0.522. The van der Waals surface area contributed by atoms with Gasteiger partial charge in [0.05, 0.1) is 5.69 Å². The number of nitrogens with zero attached hydrogens (tertiary/aromatic N) is 2. The maximum Gasteiger partial charge on any atom is 0.412 e. The maximum absolute atomic E-state index is 12.6. The van der Waals surface area contributed by atoms with Gasteiger partial charge >= 0.3 is 6.09 Å². The Morgan fingerprint density at radius 2 is 1.77 bits per heavy atom. The third kappa shape index (κ3) is 7.33. The molecular formula is C23H32N4O3S. The Hall–Kier alpha value is -2.45. The number of thiazole rings is 1. The number of amides is 2. The molecule has 0 aliphatic carbocycles. The number of likely N-dealkylation sites (tertiary alicyclic amines) is 1. The number of carbonyl (C=O) groups is 2. The van der Waals surface area contributed by atoms with E-state index in [-0.39, 0.29) is 5.91 Å². The lowest BCUT2D eigenvalue weighted by molar-refractivity contribution is 0.0636. The fourth-order valence-electron chi connectivity index (χ4n) is 3.88. The molecule has 7 nitrogen and oxygen atoms in total. The number of hydrogen-bond donors (Lipinski definition) is 2. The Labute approximate surface area is 188 Å². The van der Waals surface area contributed by atoms with Gasteiger partial charge in [-0.1, -0.05) is 13.8 Å². The van der Waals surface area contributed by atoms with Gasteiger partial charge in [-0.2, -0.15) is 0 Å². The predicted molar refractivity (Wildman–Crippen MR) is 125 cm³/mol. The van der Waals surface area contributed by atoms with E-state index in [1.807, 2.05) is 5.38 Å². The Morgan fingerprint density at radius 1 is 1.13 bits per heavy atom.